The number of nitrogens with zero attached hydrogens (tertiary/aromatic N) is 1. The zero-order valence-corrected chi connectivity index (χ0v) is 8.60. The molecule has 1 amide bonds. The van der Waals surface area contributed by atoms with Crippen LogP contribution in [0.5, 0.6) is 0 Å². The molecule has 0 heterocycles. The van der Waals surface area contributed by atoms with Crippen molar-refractivity contribution in [3.63, 3.8) is 0 Å². The maximum absolute atomic E-state index is 10.8. The summed E-state index contributed by atoms with van der Waals surface area (Å²) in [5, 5.41) is 8.83. The van der Waals surface area contributed by atoms with Gasteiger partial charge in [-0.15, -0.1) is 0 Å². The predicted molar refractivity (Wildman–Crippen MR) is 58.0 cm³/mol. The molecule has 82 valence electrons. The first-order chi connectivity index (χ1) is 7.22. The van der Waals surface area contributed by atoms with Gasteiger partial charge in [-0.05, 0) is 5.56 Å². The summed E-state index contributed by atoms with van der Waals surface area (Å²) >= 11 is 0. The van der Waals surface area contributed by atoms with Crippen LogP contribution < -0.4 is 5.73 Å². The highest BCUT2D eigenvalue weighted by Crippen LogP contribution is 2.03. The molecule has 0 aliphatic heterocycles. The van der Waals surface area contributed by atoms with Gasteiger partial charge in [0, 0.05) is 13.1 Å². The van der Waals surface area contributed by atoms with E-state index >= 15 is 0 Å². The number of carbonyl (C=O) groups excluding carboxylic acids is 1. The van der Waals surface area contributed by atoms with Gasteiger partial charge in [0.2, 0.25) is 5.91 Å². The van der Waals surface area contributed by atoms with E-state index in [-0.39, 0.29) is 19.1 Å². The Morgan fingerprint density at radius 1 is 1.33 bits per heavy atom. The van der Waals surface area contributed by atoms with E-state index in [9.17, 15) is 4.79 Å². The topological polar surface area (TPSA) is 66.6 Å². The molecular weight excluding hydrogens is 192 g/mol. The minimum atomic E-state index is -0.376. The fourth-order valence-electron chi connectivity index (χ4n) is 1.42. The molecule has 0 atom stereocenters. The molecular formula is C11H16N2O2. The zero-order valence-electron chi connectivity index (χ0n) is 8.60. The van der Waals surface area contributed by atoms with Crippen LogP contribution in [0, 0.1) is 0 Å². The van der Waals surface area contributed by atoms with E-state index in [1.54, 1.807) is 0 Å². The van der Waals surface area contributed by atoms with Crippen molar-refractivity contribution in [3.05, 3.63) is 35.9 Å². The lowest BCUT2D eigenvalue weighted by Crippen LogP contribution is -2.35. The summed E-state index contributed by atoms with van der Waals surface area (Å²) in [5.74, 6) is -0.376. The molecule has 4 heteroatoms. The van der Waals surface area contributed by atoms with Crippen LogP contribution in [0.25, 0.3) is 0 Å². The fraction of sp³-hybridized carbons (Fsp3) is 0.364. The van der Waals surface area contributed by atoms with E-state index in [1.165, 1.54) is 0 Å². The second-order valence-electron chi connectivity index (χ2n) is 3.39. The van der Waals surface area contributed by atoms with Crippen molar-refractivity contribution in [2.45, 2.75) is 6.54 Å². The Kier molecular flexibility index (Phi) is 4.80. The number of rotatable bonds is 6. The molecule has 4 nitrogen and oxygen atoms in total. The van der Waals surface area contributed by atoms with Gasteiger partial charge in [0.1, 0.15) is 0 Å². The summed E-state index contributed by atoms with van der Waals surface area (Å²) in [6.07, 6.45) is 0. The molecule has 1 aromatic rings. The van der Waals surface area contributed by atoms with Gasteiger partial charge in [-0.2, -0.15) is 0 Å². The van der Waals surface area contributed by atoms with Crippen molar-refractivity contribution < 1.29 is 9.90 Å². The lowest BCUT2D eigenvalue weighted by atomic mass is 10.2. The molecule has 0 unspecified atom stereocenters. The number of primary amides is 1. The van der Waals surface area contributed by atoms with E-state index in [0.717, 1.165) is 5.56 Å². The molecule has 3 N–H and O–H groups in total. The van der Waals surface area contributed by atoms with Crippen LogP contribution in [-0.4, -0.2) is 35.6 Å². The molecule has 0 aliphatic carbocycles. The second kappa shape index (κ2) is 6.16. The summed E-state index contributed by atoms with van der Waals surface area (Å²) in [5.41, 5.74) is 6.22. The quantitative estimate of drug-likeness (QED) is 0.689. The fourth-order valence-corrected chi connectivity index (χ4v) is 1.42. The highest BCUT2D eigenvalue weighted by molar-refractivity contribution is 5.75. The van der Waals surface area contributed by atoms with Crippen LogP contribution >= 0.6 is 0 Å². The van der Waals surface area contributed by atoms with Gasteiger partial charge in [0.25, 0.3) is 0 Å². The summed E-state index contributed by atoms with van der Waals surface area (Å²) < 4.78 is 0. The van der Waals surface area contributed by atoms with Crippen LogP contribution in [0.15, 0.2) is 30.3 Å². The van der Waals surface area contributed by atoms with E-state index < -0.39 is 0 Å². The van der Waals surface area contributed by atoms with Crippen molar-refractivity contribution in [3.8, 4) is 0 Å². The molecule has 0 saturated carbocycles. The van der Waals surface area contributed by atoms with E-state index in [1.807, 2.05) is 35.2 Å². The molecule has 0 spiro atoms. The number of hydrogen-bond donors (Lipinski definition) is 2. The Labute approximate surface area is 89.3 Å². The van der Waals surface area contributed by atoms with Crippen molar-refractivity contribution in [1.29, 1.82) is 0 Å². The summed E-state index contributed by atoms with van der Waals surface area (Å²) in [7, 11) is 0. The zero-order chi connectivity index (χ0) is 11.1. The highest BCUT2D eigenvalue weighted by atomic mass is 16.3. The molecule has 1 aromatic carbocycles. The average molecular weight is 208 g/mol. The number of benzene rings is 1. The number of aliphatic hydroxyl groups is 1. The number of nitrogens with two attached hydrogens (primary N) is 1. The predicted octanol–water partition coefficient (Wildman–Crippen LogP) is -0.0338. The Bertz CT molecular complexity index is 301. The van der Waals surface area contributed by atoms with Gasteiger partial charge in [-0.25, -0.2) is 0 Å². The van der Waals surface area contributed by atoms with Crippen molar-refractivity contribution in [2.75, 3.05) is 19.7 Å². The van der Waals surface area contributed by atoms with Gasteiger partial charge in [0.15, 0.2) is 0 Å². The Morgan fingerprint density at radius 3 is 2.53 bits per heavy atom. The first kappa shape index (κ1) is 11.7. The van der Waals surface area contributed by atoms with Crippen LogP contribution in [0.2, 0.25) is 0 Å². The monoisotopic (exact) mass is 208 g/mol. The van der Waals surface area contributed by atoms with E-state index in [2.05, 4.69) is 0 Å². The number of aliphatic hydroxyl groups excluding tert-OH is 1. The third kappa shape index (κ3) is 4.58. The lowest BCUT2D eigenvalue weighted by Gasteiger charge is -2.19. The van der Waals surface area contributed by atoms with Crippen LogP contribution in [0.3, 0.4) is 0 Å². The molecule has 0 saturated heterocycles. The van der Waals surface area contributed by atoms with Crippen molar-refractivity contribution >= 4 is 5.91 Å². The van der Waals surface area contributed by atoms with Gasteiger partial charge in [-0.1, -0.05) is 30.3 Å². The minimum Gasteiger partial charge on any atom is -0.395 e. The molecule has 0 aromatic heterocycles. The smallest absolute Gasteiger partial charge is 0.231 e. The second-order valence-corrected chi connectivity index (χ2v) is 3.39. The first-order valence-corrected chi connectivity index (χ1v) is 4.88. The summed E-state index contributed by atoms with van der Waals surface area (Å²) in [4.78, 5) is 12.6. The Balaban J connectivity index is 2.54. The molecule has 0 aliphatic rings. The molecule has 15 heavy (non-hydrogen) atoms. The van der Waals surface area contributed by atoms with Crippen molar-refractivity contribution in [2.24, 2.45) is 5.73 Å². The largest absolute Gasteiger partial charge is 0.395 e. The van der Waals surface area contributed by atoms with Crippen molar-refractivity contribution in [1.82, 2.24) is 4.90 Å². The number of carbonyl (C=O) groups is 1. The standard InChI is InChI=1S/C11H16N2O2/c12-11(15)9-13(6-7-14)8-10-4-2-1-3-5-10/h1-5,14H,6-9H2,(H2,12,15). The van der Waals surface area contributed by atoms with Gasteiger partial charge < -0.3 is 10.8 Å². The number of hydrogen-bond acceptors (Lipinski definition) is 3. The SMILES string of the molecule is NC(=O)CN(CCO)Cc1ccccc1. The first-order valence-electron chi connectivity index (χ1n) is 4.88. The maximum atomic E-state index is 10.8. The third-order valence-electron chi connectivity index (χ3n) is 2.04. The molecule has 1 rings (SSSR count). The van der Waals surface area contributed by atoms with Crippen LogP contribution in [0.4, 0.5) is 0 Å². The van der Waals surface area contributed by atoms with Gasteiger partial charge in [0.05, 0.1) is 13.2 Å². The van der Waals surface area contributed by atoms with Gasteiger partial charge in [-0.3, -0.25) is 9.69 Å². The van der Waals surface area contributed by atoms with E-state index in [4.69, 9.17) is 10.8 Å². The van der Waals surface area contributed by atoms with Crippen LogP contribution in [-0.2, 0) is 11.3 Å². The Morgan fingerprint density at radius 2 is 2.00 bits per heavy atom. The minimum absolute atomic E-state index is 0.0279. The maximum Gasteiger partial charge on any atom is 0.231 e. The normalized spacial score (nSPS) is 10.5. The molecule has 0 fully saturated rings. The highest BCUT2D eigenvalue weighted by Gasteiger charge is 2.07. The summed E-state index contributed by atoms with van der Waals surface area (Å²) in [6, 6.07) is 9.78. The van der Waals surface area contributed by atoms with Crippen LogP contribution in [0.1, 0.15) is 5.56 Å². The molecule has 0 bridgehead atoms. The third-order valence-corrected chi connectivity index (χ3v) is 2.04. The van der Waals surface area contributed by atoms with E-state index in [0.29, 0.717) is 13.1 Å². The number of amides is 1. The van der Waals surface area contributed by atoms with Gasteiger partial charge >= 0.3 is 0 Å². The Hall–Kier alpha value is -1.39. The molecule has 0 radical (unpaired) electrons. The average Bonchev–Trinajstić information content (AvgIpc) is 2.18. The lowest BCUT2D eigenvalue weighted by molar-refractivity contribution is -0.119. The summed E-state index contributed by atoms with van der Waals surface area (Å²) in [6.45, 7) is 1.29.